The molecule has 3 aromatic rings. The summed E-state index contributed by atoms with van der Waals surface area (Å²) in [6.45, 7) is 6.09. The summed E-state index contributed by atoms with van der Waals surface area (Å²) in [5.41, 5.74) is 4.25. The van der Waals surface area contributed by atoms with E-state index in [0.29, 0.717) is 22.8 Å². The van der Waals surface area contributed by atoms with Crippen LogP contribution in [0.4, 0.5) is 5.00 Å². The molecule has 0 spiro atoms. The SMILES string of the molecule is CCOC(=O)c1c(NC(=O)c2oc3ccc(CC)cc3c2C)sc2c1CCCC2. The first-order chi connectivity index (χ1) is 14.0. The minimum Gasteiger partial charge on any atom is -0.462 e. The number of benzene rings is 1. The number of rotatable bonds is 5. The Bertz CT molecular complexity index is 1090. The van der Waals surface area contributed by atoms with Crippen LogP contribution in [0, 0.1) is 6.92 Å². The number of furan rings is 1. The van der Waals surface area contributed by atoms with Crippen LogP contribution in [-0.4, -0.2) is 18.5 Å². The highest BCUT2D eigenvalue weighted by molar-refractivity contribution is 7.17. The standard InChI is InChI=1S/C23H25NO4S/c1-4-14-10-11-17-16(12-14)13(3)20(28-17)21(25)24-22-19(23(26)27-5-2)15-8-6-7-9-18(15)29-22/h10-12H,4-9H2,1-3H3,(H,24,25). The molecule has 2 heterocycles. The molecular formula is C23H25NO4S. The van der Waals surface area contributed by atoms with Gasteiger partial charge in [-0.15, -0.1) is 11.3 Å². The Balaban J connectivity index is 1.70. The molecule has 0 aliphatic heterocycles. The summed E-state index contributed by atoms with van der Waals surface area (Å²) in [5.74, 6) is -0.411. The van der Waals surface area contributed by atoms with Crippen LogP contribution >= 0.6 is 11.3 Å². The highest BCUT2D eigenvalue weighted by atomic mass is 32.1. The summed E-state index contributed by atoms with van der Waals surface area (Å²) in [4.78, 5) is 26.8. The zero-order valence-corrected chi connectivity index (χ0v) is 17.8. The maximum atomic E-state index is 13.1. The van der Waals surface area contributed by atoms with E-state index in [4.69, 9.17) is 9.15 Å². The van der Waals surface area contributed by atoms with E-state index in [-0.39, 0.29) is 17.6 Å². The summed E-state index contributed by atoms with van der Waals surface area (Å²) in [5, 5.41) is 4.45. The van der Waals surface area contributed by atoms with E-state index < -0.39 is 0 Å². The highest BCUT2D eigenvalue weighted by Gasteiger charge is 2.28. The zero-order chi connectivity index (χ0) is 20.5. The molecule has 2 aromatic heterocycles. The summed E-state index contributed by atoms with van der Waals surface area (Å²) in [6.07, 6.45) is 4.86. The minimum atomic E-state index is -0.365. The van der Waals surface area contributed by atoms with Crippen molar-refractivity contribution in [3.63, 3.8) is 0 Å². The number of amides is 1. The quantitative estimate of drug-likeness (QED) is 0.549. The lowest BCUT2D eigenvalue weighted by Crippen LogP contribution is -2.16. The lowest BCUT2D eigenvalue weighted by molar-refractivity contribution is 0.0526. The lowest BCUT2D eigenvalue weighted by Gasteiger charge is -2.12. The maximum absolute atomic E-state index is 13.1. The fourth-order valence-electron chi connectivity index (χ4n) is 3.94. The van der Waals surface area contributed by atoms with E-state index in [1.165, 1.54) is 21.8 Å². The van der Waals surface area contributed by atoms with Crippen LogP contribution in [0.25, 0.3) is 11.0 Å². The van der Waals surface area contributed by atoms with Crippen molar-refractivity contribution in [2.75, 3.05) is 11.9 Å². The van der Waals surface area contributed by atoms with Gasteiger partial charge >= 0.3 is 5.97 Å². The van der Waals surface area contributed by atoms with Crippen LogP contribution in [0.3, 0.4) is 0 Å². The van der Waals surface area contributed by atoms with Crippen LogP contribution in [-0.2, 0) is 24.0 Å². The van der Waals surface area contributed by atoms with E-state index in [1.54, 1.807) is 6.92 Å². The predicted octanol–water partition coefficient (Wildman–Crippen LogP) is 5.67. The first-order valence-corrected chi connectivity index (χ1v) is 11.0. The lowest BCUT2D eigenvalue weighted by atomic mass is 9.95. The van der Waals surface area contributed by atoms with Crippen LogP contribution in [0.2, 0.25) is 0 Å². The summed E-state index contributed by atoms with van der Waals surface area (Å²) < 4.78 is 11.1. The van der Waals surface area contributed by atoms with Gasteiger partial charge in [0.2, 0.25) is 0 Å². The molecule has 6 heteroatoms. The van der Waals surface area contributed by atoms with Gasteiger partial charge in [-0.05, 0) is 69.2 Å². The molecule has 0 radical (unpaired) electrons. The Hall–Kier alpha value is -2.60. The van der Waals surface area contributed by atoms with Gasteiger partial charge in [0.1, 0.15) is 10.6 Å². The number of hydrogen-bond acceptors (Lipinski definition) is 5. The predicted molar refractivity (Wildman–Crippen MR) is 115 cm³/mol. The van der Waals surface area contributed by atoms with Crippen molar-refractivity contribution in [1.82, 2.24) is 0 Å². The number of thiophene rings is 1. The number of carbonyl (C=O) groups excluding carboxylic acids is 2. The van der Waals surface area contributed by atoms with Crippen molar-refractivity contribution < 1.29 is 18.7 Å². The van der Waals surface area contributed by atoms with Gasteiger partial charge in [-0.25, -0.2) is 4.79 Å². The topological polar surface area (TPSA) is 68.5 Å². The van der Waals surface area contributed by atoms with Crippen molar-refractivity contribution in [1.29, 1.82) is 0 Å². The largest absolute Gasteiger partial charge is 0.462 e. The molecule has 4 rings (SSSR count). The first kappa shape index (κ1) is 19.7. The van der Waals surface area contributed by atoms with E-state index in [9.17, 15) is 9.59 Å². The fraction of sp³-hybridized carbons (Fsp3) is 0.391. The smallest absolute Gasteiger partial charge is 0.341 e. The molecule has 0 fully saturated rings. The average molecular weight is 412 g/mol. The van der Waals surface area contributed by atoms with Crippen molar-refractivity contribution >= 4 is 39.2 Å². The molecule has 5 nitrogen and oxygen atoms in total. The van der Waals surface area contributed by atoms with Crippen LogP contribution < -0.4 is 5.32 Å². The third kappa shape index (κ3) is 3.57. The summed E-state index contributed by atoms with van der Waals surface area (Å²) in [6, 6.07) is 5.99. The second kappa shape index (κ2) is 8.03. The normalized spacial score (nSPS) is 13.3. The molecule has 1 amide bonds. The Morgan fingerprint density at radius 2 is 2.00 bits per heavy atom. The molecule has 0 saturated carbocycles. The van der Waals surface area contributed by atoms with E-state index in [0.717, 1.165) is 48.6 Å². The van der Waals surface area contributed by atoms with Gasteiger partial charge < -0.3 is 14.5 Å². The van der Waals surface area contributed by atoms with Gasteiger partial charge in [-0.1, -0.05) is 13.0 Å². The monoisotopic (exact) mass is 411 g/mol. The van der Waals surface area contributed by atoms with E-state index >= 15 is 0 Å². The second-order valence-corrected chi connectivity index (χ2v) is 8.44. The number of esters is 1. The molecule has 0 unspecified atom stereocenters. The minimum absolute atomic E-state index is 0.287. The third-order valence-electron chi connectivity index (χ3n) is 5.49. The summed E-state index contributed by atoms with van der Waals surface area (Å²) >= 11 is 1.48. The van der Waals surface area contributed by atoms with Crippen molar-refractivity contribution in [3.8, 4) is 0 Å². The number of nitrogens with one attached hydrogen (secondary N) is 1. The number of fused-ring (bicyclic) bond motifs is 2. The van der Waals surface area contributed by atoms with Crippen LogP contribution in [0.1, 0.15) is 69.2 Å². The van der Waals surface area contributed by atoms with Crippen molar-refractivity contribution in [2.24, 2.45) is 0 Å². The number of ether oxygens (including phenoxy) is 1. The highest BCUT2D eigenvalue weighted by Crippen LogP contribution is 2.39. The molecule has 1 aliphatic rings. The molecule has 1 aliphatic carbocycles. The molecule has 1 N–H and O–H groups in total. The van der Waals surface area contributed by atoms with Crippen LogP contribution in [0.15, 0.2) is 22.6 Å². The van der Waals surface area contributed by atoms with Crippen molar-refractivity contribution in [3.05, 3.63) is 51.1 Å². The average Bonchev–Trinajstić information content (AvgIpc) is 3.25. The van der Waals surface area contributed by atoms with Gasteiger partial charge in [-0.2, -0.15) is 0 Å². The molecule has 152 valence electrons. The molecular weight excluding hydrogens is 386 g/mol. The van der Waals surface area contributed by atoms with Crippen molar-refractivity contribution in [2.45, 2.75) is 52.9 Å². The molecule has 0 atom stereocenters. The molecule has 0 bridgehead atoms. The summed E-state index contributed by atoms with van der Waals surface area (Å²) in [7, 11) is 0. The second-order valence-electron chi connectivity index (χ2n) is 7.33. The number of carbonyl (C=O) groups is 2. The third-order valence-corrected chi connectivity index (χ3v) is 6.70. The zero-order valence-electron chi connectivity index (χ0n) is 17.0. The van der Waals surface area contributed by atoms with Gasteiger partial charge in [-0.3, -0.25) is 4.79 Å². The number of aryl methyl sites for hydroxylation is 3. The first-order valence-electron chi connectivity index (χ1n) is 10.2. The fourth-order valence-corrected chi connectivity index (χ4v) is 5.21. The van der Waals surface area contributed by atoms with Gasteiger partial charge in [0.25, 0.3) is 5.91 Å². The van der Waals surface area contributed by atoms with E-state index in [1.807, 2.05) is 19.1 Å². The van der Waals surface area contributed by atoms with E-state index in [2.05, 4.69) is 18.3 Å². The van der Waals surface area contributed by atoms with Gasteiger partial charge in [0.15, 0.2) is 5.76 Å². The number of hydrogen-bond donors (Lipinski definition) is 1. The molecule has 1 aromatic carbocycles. The van der Waals surface area contributed by atoms with Gasteiger partial charge in [0.05, 0.1) is 12.2 Å². The number of anilines is 1. The Morgan fingerprint density at radius 1 is 1.21 bits per heavy atom. The Morgan fingerprint density at radius 3 is 2.76 bits per heavy atom. The van der Waals surface area contributed by atoms with Crippen LogP contribution in [0.5, 0.6) is 0 Å². The molecule has 29 heavy (non-hydrogen) atoms. The maximum Gasteiger partial charge on any atom is 0.341 e. The Kier molecular flexibility index (Phi) is 5.46. The van der Waals surface area contributed by atoms with Gasteiger partial charge in [0, 0.05) is 15.8 Å². The Labute approximate surface area is 174 Å². The molecule has 0 saturated heterocycles.